The normalized spacial score (nSPS) is 16.4. The molecule has 2 heterocycles. The van der Waals surface area contributed by atoms with Crippen molar-refractivity contribution in [2.75, 3.05) is 27.3 Å². The van der Waals surface area contributed by atoms with Gasteiger partial charge in [-0.3, -0.25) is 29.9 Å². The van der Waals surface area contributed by atoms with E-state index in [2.05, 4.69) is 10.4 Å². The van der Waals surface area contributed by atoms with E-state index in [1.54, 1.807) is 30.3 Å². The number of hydrazone groups is 1. The molecule has 1 saturated heterocycles. The van der Waals surface area contributed by atoms with Crippen molar-refractivity contribution in [1.29, 1.82) is 0 Å². The minimum atomic E-state index is -0.883. The standard InChI is InChI=1S/C30H31N7O10/c1-19(38)34-24(21-10-11-27(44-2)30(15-21)45-3)16-23(31-34)20-8-7-9-22(14-20)46-28-18-29(26(36(41)42)17-25(28)35(39)40)47-32-37(43)33-12-5-4-6-13-33/h7-11,14-15,17-18,24H,4-6,12-13,16H2,1-3H3/b37-32-. The Balaban J connectivity index is 1.43. The lowest BCUT2D eigenvalue weighted by Gasteiger charge is -2.21. The van der Waals surface area contributed by atoms with Crippen LogP contribution in [-0.4, -0.2) is 63.8 Å². The summed E-state index contributed by atoms with van der Waals surface area (Å²) in [5.74, 6) is -0.0477. The third-order valence-corrected chi connectivity index (χ3v) is 7.64. The summed E-state index contributed by atoms with van der Waals surface area (Å²) >= 11 is 0. The fraction of sp³-hybridized carbons (Fsp3) is 0.333. The van der Waals surface area contributed by atoms with E-state index in [0.717, 1.165) is 30.9 Å². The van der Waals surface area contributed by atoms with Gasteiger partial charge in [-0.2, -0.15) is 5.10 Å². The molecule has 0 spiro atoms. The molecule has 17 heteroatoms. The van der Waals surface area contributed by atoms with Gasteiger partial charge in [0, 0.05) is 25.0 Å². The van der Waals surface area contributed by atoms with Crippen molar-refractivity contribution in [3.63, 3.8) is 0 Å². The van der Waals surface area contributed by atoms with Gasteiger partial charge in [-0.05, 0) is 49.1 Å². The van der Waals surface area contributed by atoms with Crippen molar-refractivity contribution in [1.82, 2.24) is 10.0 Å². The highest BCUT2D eigenvalue weighted by Gasteiger charge is 2.33. The Hall–Kier alpha value is -6.00. The molecule has 3 aromatic rings. The molecular formula is C30H31N7O10. The fourth-order valence-corrected chi connectivity index (χ4v) is 5.32. The minimum Gasteiger partial charge on any atom is -0.569 e. The Bertz CT molecular complexity index is 1760. The second kappa shape index (κ2) is 14.0. The number of carbonyl (C=O) groups excluding carboxylic acids is 1. The molecule has 2 aliphatic heterocycles. The molecule has 0 aliphatic carbocycles. The molecule has 3 aromatic carbocycles. The van der Waals surface area contributed by atoms with Gasteiger partial charge >= 0.3 is 11.4 Å². The number of nitro groups is 2. The van der Waals surface area contributed by atoms with Gasteiger partial charge in [-0.25, -0.2) is 5.01 Å². The van der Waals surface area contributed by atoms with E-state index in [0.29, 0.717) is 48.4 Å². The van der Waals surface area contributed by atoms with Crippen LogP contribution in [0.4, 0.5) is 11.4 Å². The van der Waals surface area contributed by atoms with Crippen LogP contribution in [0.5, 0.6) is 28.7 Å². The lowest BCUT2D eigenvalue weighted by molar-refractivity contribution is -0.708. The van der Waals surface area contributed by atoms with Crippen LogP contribution in [0.1, 0.15) is 49.8 Å². The summed E-state index contributed by atoms with van der Waals surface area (Å²) in [5, 5.41) is 46.8. The third-order valence-electron chi connectivity index (χ3n) is 7.64. The number of ether oxygens (including phenoxy) is 3. The van der Waals surface area contributed by atoms with E-state index in [-0.39, 0.29) is 22.4 Å². The van der Waals surface area contributed by atoms with Gasteiger partial charge in [0.15, 0.2) is 11.5 Å². The molecule has 17 nitrogen and oxygen atoms in total. The highest BCUT2D eigenvalue weighted by Crippen LogP contribution is 2.42. The number of nitro benzene ring substituents is 2. The molecule has 0 N–H and O–H groups in total. The number of methoxy groups -OCH3 is 2. The molecule has 5 rings (SSSR count). The van der Waals surface area contributed by atoms with Gasteiger partial charge in [0.2, 0.25) is 22.7 Å². The van der Waals surface area contributed by atoms with Crippen molar-refractivity contribution < 1.29 is 38.7 Å². The maximum atomic E-state index is 12.6. The number of piperidine rings is 1. The van der Waals surface area contributed by atoms with Crippen LogP contribution in [-0.2, 0) is 4.79 Å². The largest absolute Gasteiger partial charge is 0.569 e. The third kappa shape index (κ3) is 7.13. The number of hydrogen-bond acceptors (Lipinski definition) is 12. The van der Waals surface area contributed by atoms with E-state index < -0.39 is 33.0 Å². The van der Waals surface area contributed by atoms with Gasteiger partial charge in [0.25, 0.3) is 0 Å². The molecule has 1 unspecified atom stereocenters. The highest BCUT2D eigenvalue weighted by atomic mass is 16.7. The van der Waals surface area contributed by atoms with Crippen molar-refractivity contribution in [3.8, 4) is 28.7 Å². The molecule has 0 radical (unpaired) electrons. The average Bonchev–Trinajstić information content (AvgIpc) is 3.53. The molecule has 1 amide bonds. The van der Waals surface area contributed by atoms with Crippen LogP contribution >= 0.6 is 0 Å². The van der Waals surface area contributed by atoms with E-state index >= 15 is 0 Å². The molecule has 1 fully saturated rings. The number of rotatable bonds is 11. The minimum absolute atomic E-state index is 0.132. The van der Waals surface area contributed by atoms with E-state index in [9.17, 15) is 30.2 Å². The Morgan fingerprint density at radius 1 is 0.872 bits per heavy atom. The summed E-state index contributed by atoms with van der Waals surface area (Å²) in [5.41, 5.74) is 0.384. The zero-order valence-electron chi connectivity index (χ0n) is 25.7. The quantitative estimate of drug-likeness (QED) is 0.107. The molecule has 47 heavy (non-hydrogen) atoms. The van der Waals surface area contributed by atoms with Crippen LogP contribution in [0.2, 0.25) is 0 Å². The summed E-state index contributed by atoms with van der Waals surface area (Å²) in [6.07, 6.45) is 2.85. The van der Waals surface area contributed by atoms with Crippen LogP contribution in [0.25, 0.3) is 0 Å². The first kappa shape index (κ1) is 32.4. The summed E-state index contributed by atoms with van der Waals surface area (Å²) in [6.45, 7) is 2.28. The zero-order chi connectivity index (χ0) is 33.7. The summed E-state index contributed by atoms with van der Waals surface area (Å²) in [6, 6.07) is 13.0. The lowest BCUT2D eigenvalue weighted by Crippen LogP contribution is -2.35. The van der Waals surface area contributed by atoms with E-state index in [1.165, 1.54) is 37.2 Å². The topological polar surface area (TPSA) is 198 Å². The lowest BCUT2D eigenvalue weighted by atomic mass is 9.98. The first-order valence-corrected chi connectivity index (χ1v) is 14.5. The average molecular weight is 650 g/mol. The number of carbonyl (C=O) groups is 1. The van der Waals surface area contributed by atoms with Crippen molar-refractivity contribution >= 4 is 23.0 Å². The predicted molar refractivity (Wildman–Crippen MR) is 164 cm³/mol. The van der Waals surface area contributed by atoms with E-state index in [4.69, 9.17) is 19.0 Å². The number of hydrogen-bond donors (Lipinski definition) is 0. The smallest absolute Gasteiger partial charge is 0.321 e. The second-order valence-corrected chi connectivity index (χ2v) is 10.6. The van der Waals surface area contributed by atoms with E-state index in [1.807, 2.05) is 6.07 Å². The Morgan fingerprint density at radius 3 is 2.23 bits per heavy atom. The van der Waals surface area contributed by atoms with Gasteiger partial charge in [0.05, 0.1) is 53.9 Å². The molecule has 0 saturated carbocycles. The number of nitrogens with zero attached hydrogens (tertiary/aromatic N) is 7. The molecule has 0 bridgehead atoms. The predicted octanol–water partition coefficient (Wildman–Crippen LogP) is 5.67. The maximum absolute atomic E-state index is 12.6. The number of hydrazine groups is 1. The van der Waals surface area contributed by atoms with Crippen molar-refractivity contribution in [2.45, 2.75) is 38.6 Å². The van der Waals surface area contributed by atoms with Crippen LogP contribution < -0.4 is 19.0 Å². The summed E-state index contributed by atoms with van der Waals surface area (Å²) in [7, 11) is 3.04. The monoisotopic (exact) mass is 649 g/mol. The molecular weight excluding hydrogens is 618 g/mol. The number of benzene rings is 3. The fourth-order valence-electron chi connectivity index (χ4n) is 5.32. The first-order valence-electron chi connectivity index (χ1n) is 14.5. The highest BCUT2D eigenvalue weighted by molar-refractivity contribution is 6.03. The first-order chi connectivity index (χ1) is 22.6. The zero-order valence-corrected chi connectivity index (χ0v) is 25.7. The number of amides is 1. The van der Waals surface area contributed by atoms with Crippen LogP contribution in [0.3, 0.4) is 0 Å². The maximum Gasteiger partial charge on any atom is 0.321 e. The molecule has 0 aromatic heterocycles. The van der Waals surface area contributed by atoms with Gasteiger partial charge in [0.1, 0.15) is 11.8 Å². The molecule has 246 valence electrons. The molecule has 1 atom stereocenters. The summed E-state index contributed by atoms with van der Waals surface area (Å²) in [4.78, 5) is 39.8. The SMILES string of the molecule is COc1ccc(C2CC(c3cccc(Oc4cc(O/N=[N+](\[O-])N5CCCCC5)c([N+](=O)[O-])cc4[N+](=O)[O-])c3)=NN2C(C)=O)cc1OC. The van der Waals surface area contributed by atoms with Gasteiger partial charge in [-0.1, -0.05) is 18.2 Å². The Labute approximate surface area is 268 Å². The Kier molecular flexibility index (Phi) is 9.63. The Morgan fingerprint density at radius 2 is 1.57 bits per heavy atom. The van der Waals surface area contributed by atoms with Crippen molar-refractivity contribution in [2.24, 2.45) is 10.4 Å². The molecule has 2 aliphatic rings. The van der Waals surface area contributed by atoms with Crippen LogP contribution in [0, 0.1) is 25.4 Å². The van der Waals surface area contributed by atoms with Crippen LogP contribution in [0.15, 0.2) is 65.0 Å². The summed E-state index contributed by atoms with van der Waals surface area (Å²) < 4.78 is 16.6. The van der Waals surface area contributed by atoms with Crippen molar-refractivity contribution in [3.05, 3.63) is 91.2 Å². The second-order valence-electron chi connectivity index (χ2n) is 10.6. The van der Waals surface area contributed by atoms with Gasteiger partial charge in [-0.15, -0.1) is 5.01 Å². The van der Waals surface area contributed by atoms with Gasteiger partial charge < -0.3 is 19.4 Å².